The summed E-state index contributed by atoms with van der Waals surface area (Å²) in [5.74, 6) is 0.121. The van der Waals surface area contributed by atoms with Crippen molar-refractivity contribution >= 4 is 29.7 Å². The Labute approximate surface area is 116 Å². The third-order valence-corrected chi connectivity index (χ3v) is 4.12. The highest BCUT2D eigenvalue weighted by Gasteiger charge is 2.25. The van der Waals surface area contributed by atoms with Gasteiger partial charge in [0.15, 0.2) is 0 Å². The highest BCUT2D eigenvalue weighted by atomic mass is 32.2. The van der Waals surface area contributed by atoms with Gasteiger partial charge < -0.3 is 10.0 Å². The maximum absolute atomic E-state index is 11.9. The van der Waals surface area contributed by atoms with Crippen molar-refractivity contribution in [2.45, 2.75) is 32.7 Å². The lowest BCUT2D eigenvalue weighted by Gasteiger charge is -2.32. The van der Waals surface area contributed by atoms with Gasteiger partial charge in [-0.2, -0.15) is 11.8 Å². The Bertz CT molecular complexity index is 362. The van der Waals surface area contributed by atoms with Crippen molar-refractivity contribution in [3.8, 4) is 0 Å². The second-order valence-corrected chi connectivity index (χ2v) is 6.03. The van der Waals surface area contributed by atoms with Crippen LogP contribution < -0.4 is 5.32 Å². The standard InChI is InChI=1S/C12H20N2O4S/c1-8(6-11(16)17)5-10(15)13-12(18)14-3-4-19-7-9(14)2/h8-9H,3-7H2,1-2H3,(H,16,17)(H,13,15,18). The van der Waals surface area contributed by atoms with E-state index in [2.05, 4.69) is 5.32 Å². The van der Waals surface area contributed by atoms with Gasteiger partial charge in [-0.05, 0) is 12.8 Å². The fourth-order valence-electron chi connectivity index (χ4n) is 1.96. The summed E-state index contributed by atoms with van der Waals surface area (Å²) >= 11 is 1.79. The lowest BCUT2D eigenvalue weighted by Crippen LogP contribution is -2.50. The molecule has 1 heterocycles. The molecule has 2 N–H and O–H groups in total. The first-order valence-electron chi connectivity index (χ1n) is 6.30. The number of carbonyl (C=O) groups excluding carboxylic acids is 2. The number of nitrogens with zero attached hydrogens (tertiary/aromatic N) is 1. The van der Waals surface area contributed by atoms with Crippen LogP contribution in [-0.2, 0) is 9.59 Å². The van der Waals surface area contributed by atoms with Crippen LogP contribution in [0.2, 0.25) is 0 Å². The Morgan fingerprint density at radius 2 is 2.11 bits per heavy atom. The fraction of sp³-hybridized carbons (Fsp3) is 0.750. The quantitative estimate of drug-likeness (QED) is 0.810. The molecule has 1 aliphatic heterocycles. The molecule has 0 aromatic heterocycles. The molecule has 0 saturated carbocycles. The van der Waals surface area contributed by atoms with Crippen LogP contribution >= 0.6 is 11.8 Å². The number of rotatable bonds is 4. The van der Waals surface area contributed by atoms with Gasteiger partial charge in [0.25, 0.3) is 0 Å². The van der Waals surface area contributed by atoms with E-state index in [-0.39, 0.29) is 30.8 Å². The summed E-state index contributed by atoms with van der Waals surface area (Å²) in [5, 5.41) is 10.9. The average molecular weight is 288 g/mol. The van der Waals surface area contributed by atoms with Crippen LogP contribution in [0.15, 0.2) is 0 Å². The number of urea groups is 1. The van der Waals surface area contributed by atoms with Crippen LogP contribution in [0.1, 0.15) is 26.7 Å². The zero-order chi connectivity index (χ0) is 14.4. The van der Waals surface area contributed by atoms with E-state index in [0.717, 1.165) is 11.5 Å². The largest absolute Gasteiger partial charge is 0.481 e. The van der Waals surface area contributed by atoms with E-state index in [0.29, 0.717) is 6.54 Å². The smallest absolute Gasteiger partial charge is 0.324 e. The van der Waals surface area contributed by atoms with E-state index in [1.54, 1.807) is 23.6 Å². The molecule has 1 fully saturated rings. The summed E-state index contributed by atoms with van der Waals surface area (Å²) in [6.45, 7) is 4.26. The molecular weight excluding hydrogens is 268 g/mol. The number of carboxylic acids is 1. The summed E-state index contributed by atoms with van der Waals surface area (Å²) in [5.41, 5.74) is 0. The molecule has 2 atom stereocenters. The van der Waals surface area contributed by atoms with E-state index < -0.39 is 11.9 Å². The number of hydrogen-bond donors (Lipinski definition) is 2. The number of thioether (sulfide) groups is 1. The predicted octanol–water partition coefficient (Wildman–Crippen LogP) is 1.16. The normalized spacial score (nSPS) is 20.7. The van der Waals surface area contributed by atoms with E-state index in [1.807, 2.05) is 6.92 Å². The summed E-state index contributed by atoms with van der Waals surface area (Å²) in [6, 6.07) is -0.261. The van der Waals surface area contributed by atoms with Gasteiger partial charge in [-0.25, -0.2) is 4.79 Å². The average Bonchev–Trinajstić information content (AvgIpc) is 2.27. The second kappa shape index (κ2) is 7.37. The molecule has 0 aromatic carbocycles. The third-order valence-electron chi connectivity index (χ3n) is 2.93. The second-order valence-electron chi connectivity index (χ2n) is 4.88. The molecule has 6 nitrogen and oxygen atoms in total. The predicted molar refractivity (Wildman–Crippen MR) is 73.1 cm³/mol. The number of imide groups is 1. The Morgan fingerprint density at radius 1 is 1.42 bits per heavy atom. The SMILES string of the molecule is CC(CC(=O)O)CC(=O)NC(=O)N1CCSCC1C. The number of carboxylic acid groups (broad SMARTS) is 1. The Kier molecular flexibility index (Phi) is 6.14. The lowest BCUT2D eigenvalue weighted by atomic mass is 10.0. The van der Waals surface area contributed by atoms with Gasteiger partial charge in [0.2, 0.25) is 5.91 Å². The first-order chi connectivity index (χ1) is 8.90. The number of carbonyl (C=O) groups is 3. The van der Waals surface area contributed by atoms with Crippen LogP contribution in [0.4, 0.5) is 4.79 Å². The Balaban J connectivity index is 2.38. The zero-order valence-corrected chi connectivity index (χ0v) is 12.0. The van der Waals surface area contributed by atoms with Gasteiger partial charge in [-0.3, -0.25) is 14.9 Å². The van der Waals surface area contributed by atoms with Gasteiger partial charge in [-0.15, -0.1) is 0 Å². The van der Waals surface area contributed by atoms with Gasteiger partial charge in [0.1, 0.15) is 0 Å². The maximum Gasteiger partial charge on any atom is 0.324 e. The minimum Gasteiger partial charge on any atom is -0.481 e. The number of nitrogens with one attached hydrogen (secondary N) is 1. The van der Waals surface area contributed by atoms with Gasteiger partial charge in [0, 0.05) is 36.9 Å². The van der Waals surface area contributed by atoms with Crippen LogP contribution in [-0.4, -0.2) is 52.0 Å². The van der Waals surface area contributed by atoms with Crippen LogP contribution in [0.25, 0.3) is 0 Å². The highest BCUT2D eigenvalue weighted by Crippen LogP contribution is 2.16. The molecule has 1 aliphatic rings. The fourth-order valence-corrected chi connectivity index (χ4v) is 2.97. The minimum absolute atomic E-state index is 0.0506. The molecule has 2 unspecified atom stereocenters. The summed E-state index contributed by atoms with van der Waals surface area (Å²) in [4.78, 5) is 35.7. The van der Waals surface area contributed by atoms with E-state index in [4.69, 9.17) is 5.11 Å². The van der Waals surface area contributed by atoms with Crippen LogP contribution in [0, 0.1) is 5.92 Å². The molecule has 0 radical (unpaired) electrons. The van der Waals surface area contributed by atoms with E-state index in [9.17, 15) is 14.4 Å². The third kappa shape index (κ3) is 5.50. The molecule has 0 bridgehead atoms. The lowest BCUT2D eigenvalue weighted by molar-refractivity contribution is -0.138. The molecule has 0 spiro atoms. The maximum atomic E-state index is 11.9. The minimum atomic E-state index is -0.937. The molecule has 3 amide bonds. The van der Waals surface area contributed by atoms with Crippen molar-refractivity contribution in [2.75, 3.05) is 18.1 Å². The van der Waals surface area contributed by atoms with E-state index in [1.165, 1.54) is 0 Å². The molecule has 108 valence electrons. The highest BCUT2D eigenvalue weighted by molar-refractivity contribution is 7.99. The summed E-state index contributed by atoms with van der Waals surface area (Å²) in [7, 11) is 0. The molecular formula is C12H20N2O4S. The molecule has 0 aliphatic carbocycles. The molecule has 1 saturated heterocycles. The van der Waals surface area contributed by atoms with Crippen LogP contribution in [0.5, 0.6) is 0 Å². The van der Waals surface area contributed by atoms with Crippen molar-refractivity contribution < 1.29 is 19.5 Å². The van der Waals surface area contributed by atoms with Crippen LogP contribution in [0.3, 0.4) is 0 Å². The Hall–Kier alpha value is -1.24. The van der Waals surface area contributed by atoms with E-state index >= 15 is 0 Å². The van der Waals surface area contributed by atoms with Gasteiger partial charge in [0.05, 0.1) is 0 Å². The first kappa shape index (κ1) is 15.8. The van der Waals surface area contributed by atoms with Crippen molar-refractivity contribution in [1.82, 2.24) is 10.2 Å². The van der Waals surface area contributed by atoms with Crippen molar-refractivity contribution in [2.24, 2.45) is 5.92 Å². The molecule has 1 rings (SSSR count). The molecule has 7 heteroatoms. The topological polar surface area (TPSA) is 86.7 Å². The zero-order valence-electron chi connectivity index (χ0n) is 11.2. The summed E-state index contributed by atoms with van der Waals surface area (Å²) in [6.07, 6.45) is -0.0205. The van der Waals surface area contributed by atoms with Crippen molar-refractivity contribution in [3.05, 3.63) is 0 Å². The van der Waals surface area contributed by atoms with Crippen molar-refractivity contribution in [1.29, 1.82) is 0 Å². The number of aliphatic carboxylic acids is 1. The first-order valence-corrected chi connectivity index (χ1v) is 7.45. The van der Waals surface area contributed by atoms with Crippen molar-refractivity contribution in [3.63, 3.8) is 0 Å². The monoisotopic (exact) mass is 288 g/mol. The molecule has 19 heavy (non-hydrogen) atoms. The summed E-state index contributed by atoms with van der Waals surface area (Å²) < 4.78 is 0. The number of hydrogen-bond acceptors (Lipinski definition) is 4. The number of amides is 3. The van der Waals surface area contributed by atoms with Gasteiger partial charge in [-0.1, -0.05) is 6.92 Å². The molecule has 0 aromatic rings. The van der Waals surface area contributed by atoms with Gasteiger partial charge >= 0.3 is 12.0 Å². The Morgan fingerprint density at radius 3 is 2.68 bits per heavy atom.